The van der Waals surface area contributed by atoms with Gasteiger partial charge in [0.05, 0.1) is 10.7 Å². The predicted molar refractivity (Wildman–Crippen MR) is 94.1 cm³/mol. The third kappa shape index (κ3) is 3.52. The molecule has 0 atom stereocenters. The minimum Gasteiger partial charge on any atom is -0.453 e. The van der Waals surface area contributed by atoms with E-state index in [1.807, 2.05) is 0 Å². The third-order valence-electron chi connectivity index (χ3n) is 3.13. The number of benzene rings is 2. The van der Waals surface area contributed by atoms with Gasteiger partial charge >= 0.3 is 0 Å². The summed E-state index contributed by atoms with van der Waals surface area (Å²) in [6, 6.07) is 11.9. The number of para-hydroxylation sites is 1. The number of anilines is 1. The highest BCUT2D eigenvalue weighted by molar-refractivity contribution is 6.45. The lowest BCUT2D eigenvalue weighted by Gasteiger charge is -2.09. The van der Waals surface area contributed by atoms with Crippen molar-refractivity contribution in [3.05, 3.63) is 47.8 Å². The summed E-state index contributed by atoms with van der Waals surface area (Å²) in [6.45, 7) is 0. The number of nitriles is 1. The van der Waals surface area contributed by atoms with Crippen LogP contribution in [-0.4, -0.2) is 16.5 Å². The fourth-order valence-electron chi connectivity index (χ4n) is 1.98. The summed E-state index contributed by atoms with van der Waals surface area (Å²) in [5, 5.41) is 20.1. The van der Waals surface area contributed by atoms with E-state index >= 15 is 0 Å². The normalized spacial score (nSPS) is 11.1. The number of aromatic nitrogens is 1. The van der Waals surface area contributed by atoms with Crippen LogP contribution in [0.15, 0.2) is 52.3 Å². The van der Waals surface area contributed by atoms with Gasteiger partial charge in [0.15, 0.2) is 29.1 Å². The quantitative estimate of drug-likeness (QED) is 0.364. The second-order valence-corrected chi connectivity index (χ2v) is 5.21. The van der Waals surface area contributed by atoms with Crippen molar-refractivity contribution in [2.75, 3.05) is 5.43 Å². The van der Waals surface area contributed by atoms with Gasteiger partial charge in [-0.3, -0.25) is 10.8 Å². The number of nitrogens with one attached hydrogen (secondary N) is 2. The lowest BCUT2D eigenvalue weighted by atomic mass is 10.3. The number of ether oxygens (including phenoxy) is 1. The largest absolute Gasteiger partial charge is 0.453 e. The predicted octanol–water partition coefficient (Wildman–Crippen LogP) is 3.50. The van der Waals surface area contributed by atoms with Gasteiger partial charge in [-0.2, -0.15) is 10.4 Å². The average Bonchev–Trinajstić information content (AvgIpc) is 3.07. The molecule has 0 aliphatic rings. The first-order valence-corrected chi connectivity index (χ1v) is 7.34. The van der Waals surface area contributed by atoms with E-state index < -0.39 is 5.84 Å². The fraction of sp³-hybridized carbons (Fsp3) is 0. The van der Waals surface area contributed by atoms with Crippen molar-refractivity contribution in [2.45, 2.75) is 0 Å². The van der Waals surface area contributed by atoms with Gasteiger partial charge in [0.25, 0.3) is 0 Å². The first-order chi connectivity index (χ1) is 12.1. The summed E-state index contributed by atoms with van der Waals surface area (Å²) < 4.78 is 11.0. The molecule has 0 radical (unpaired) electrons. The molecule has 0 saturated carbocycles. The first kappa shape index (κ1) is 16.3. The Labute approximate surface area is 147 Å². The number of hydrogen-bond acceptors (Lipinski definition) is 7. The summed E-state index contributed by atoms with van der Waals surface area (Å²) in [5.41, 5.74) is 9.30. The molecule has 4 N–H and O–H groups in total. The van der Waals surface area contributed by atoms with Crippen molar-refractivity contribution in [1.82, 2.24) is 4.98 Å². The molecule has 2 aromatic carbocycles. The monoisotopic (exact) mass is 354 g/mol. The number of hydrogen-bond donors (Lipinski definition) is 3. The summed E-state index contributed by atoms with van der Waals surface area (Å²) in [7, 11) is 0. The van der Waals surface area contributed by atoms with Crippen LogP contribution in [0, 0.1) is 16.7 Å². The minimum absolute atomic E-state index is 0.228. The van der Waals surface area contributed by atoms with E-state index in [1.54, 1.807) is 42.5 Å². The van der Waals surface area contributed by atoms with Gasteiger partial charge in [0.1, 0.15) is 11.8 Å². The van der Waals surface area contributed by atoms with Crippen LogP contribution in [0.4, 0.5) is 5.69 Å². The minimum atomic E-state index is -0.429. The standard InChI is InChI=1S/C16H11ClN6O2/c17-10-6-9(22-23-11(7-18)16(19)20)4-5-12(10)25-14-3-1-2-13-15(14)21-8-24-13/h1-6,8,22H,(H3,19,20)/b23-11+. The maximum atomic E-state index is 8.80. The van der Waals surface area contributed by atoms with Crippen LogP contribution in [-0.2, 0) is 0 Å². The molecule has 1 heterocycles. The van der Waals surface area contributed by atoms with Gasteiger partial charge in [0.2, 0.25) is 5.71 Å². The lowest BCUT2D eigenvalue weighted by Crippen LogP contribution is -2.21. The molecule has 1 aromatic heterocycles. The molecule has 0 amide bonds. The molecule has 8 nitrogen and oxygen atoms in total. The maximum Gasteiger partial charge on any atom is 0.201 e. The molecule has 0 unspecified atom stereocenters. The Bertz CT molecular complexity index is 1020. The molecule has 0 aliphatic heterocycles. The Balaban J connectivity index is 1.82. The third-order valence-corrected chi connectivity index (χ3v) is 3.43. The number of rotatable bonds is 5. The molecule has 9 heteroatoms. The number of amidine groups is 1. The molecule has 124 valence electrons. The number of fused-ring (bicyclic) bond motifs is 1. The van der Waals surface area contributed by atoms with Crippen molar-refractivity contribution in [3.8, 4) is 17.6 Å². The number of hydrazone groups is 1. The topological polar surface area (TPSA) is 133 Å². The van der Waals surface area contributed by atoms with Crippen LogP contribution in [0.5, 0.6) is 11.5 Å². The Morgan fingerprint density at radius 3 is 2.92 bits per heavy atom. The number of oxazole rings is 1. The highest BCUT2D eigenvalue weighted by Crippen LogP contribution is 2.34. The van der Waals surface area contributed by atoms with Crippen molar-refractivity contribution in [3.63, 3.8) is 0 Å². The van der Waals surface area contributed by atoms with Crippen LogP contribution >= 0.6 is 11.6 Å². The molecular weight excluding hydrogens is 344 g/mol. The van der Waals surface area contributed by atoms with E-state index in [9.17, 15) is 0 Å². The van der Waals surface area contributed by atoms with Crippen LogP contribution in [0.1, 0.15) is 0 Å². The summed E-state index contributed by atoms with van der Waals surface area (Å²) in [4.78, 5) is 4.11. The van der Waals surface area contributed by atoms with Gasteiger partial charge in [-0.15, -0.1) is 0 Å². The Morgan fingerprint density at radius 2 is 2.20 bits per heavy atom. The van der Waals surface area contributed by atoms with Crippen molar-refractivity contribution >= 4 is 39.9 Å². The van der Waals surface area contributed by atoms with E-state index in [4.69, 9.17) is 37.2 Å². The van der Waals surface area contributed by atoms with Crippen LogP contribution in [0.2, 0.25) is 5.02 Å². The van der Waals surface area contributed by atoms with Crippen LogP contribution < -0.4 is 15.9 Å². The number of nitrogens with zero attached hydrogens (tertiary/aromatic N) is 3. The van der Waals surface area contributed by atoms with Gasteiger partial charge in [-0.25, -0.2) is 4.98 Å². The van der Waals surface area contributed by atoms with Crippen molar-refractivity contribution < 1.29 is 9.15 Å². The smallest absolute Gasteiger partial charge is 0.201 e. The number of halogens is 1. The van der Waals surface area contributed by atoms with E-state index in [-0.39, 0.29) is 5.71 Å². The van der Waals surface area contributed by atoms with Crippen molar-refractivity contribution in [2.24, 2.45) is 10.8 Å². The fourth-order valence-corrected chi connectivity index (χ4v) is 2.20. The zero-order valence-electron chi connectivity index (χ0n) is 12.7. The second-order valence-electron chi connectivity index (χ2n) is 4.80. The SMILES string of the molecule is N#C/C(=N\Nc1ccc(Oc2cccc3ocnc23)c(Cl)c1)C(=N)N. The van der Waals surface area contributed by atoms with Gasteiger partial charge in [0, 0.05) is 0 Å². The Kier molecular flexibility index (Phi) is 4.50. The zero-order valence-corrected chi connectivity index (χ0v) is 13.4. The summed E-state index contributed by atoms with van der Waals surface area (Å²) in [5.74, 6) is 0.496. The number of nitrogens with two attached hydrogens (primary N) is 1. The van der Waals surface area contributed by atoms with Gasteiger partial charge in [-0.1, -0.05) is 17.7 Å². The molecule has 25 heavy (non-hydrogen) atoms. The molecule has 0 bridgehead atoms. The Morgan fingerprint density at radius 1 is 1.36 bits per heavy atom. The van der Waals surface area contributed by atoms with E-state index in [1.165, 1.54) is 6.39 Å². The highest BCUT2D eigenvalue weighted by Gasteiger charge is 2.10. The molecular formula is C16H11ClN6O2. The molecule has 3 rings (SSSR count). The second kappa shape index (κ2) is 6.90. The first-order valence-electron chi connectivity index (χ1n) is 6.96. The molecule has 0 fully saturated rings. The highest BCUT2D eigenvalue weighted by atomic mass is 35.5. The Hall–Kier alpha value is -3.57. The van der Waals surface area contributed by atoms with E-state index in [2.05, 4.69) is 15.5 Å². The molecule has 3 aromatic rings. The van der Waals surface area contributed by atoms with E-state index in [0.29, 0.717) is 33.3 Å². The molecule has 0 saturated heterocycles. The average molecular weight is 355 g/mol. The molecule has 0 aliphatic carbocycles. The lowest BCUT2D eigenvalue weighted by molar-refractivity contribution is 0.487. The zero-order chi connectivity index (χ0) is 17.8. The van der Waals surface area contributed by atoms with Crippen LogP contribution in [0.25, 0.3) is 11.1 Å². The summed E-state index contributed by atoms with van der Waals surface area (Å²) in [6.07, 6.45) is 1.34. The van der Waals surface area contributed by atoms with Crippen LogP contribution in [0.3, 0.4) is 0 Å². The van der Waals surface area contributed by atoms with Gasteiger partial charge in [-0.05, 0) is 30.3 Å². The van der Waals surface area contributed by atoms with E-state index in [0.717, 1.165) is 0 Å². The maximum absolute atomic E-state index is 8.80. The van der Waals surface area contributed by atoms with Crippen molar-refractivity contribution in [1.29, 1.82) is 10.7 Å². The summed E-state index contributed by atoms with van der Waals surface area (Å²) >= 11 is 6.23. The van der Waals surface area contributed by atoms with Gasteiger partial charge < -0.3 is 14.9 Å². The molecule has 0 spiro atoms.